The Bertz CT molecular complexity index is 1430. The Labute approximate surface area is 215 Å². The Morgan fingerprint density at radius 3 is 2.46 bits per heavy atom. The molecule has 0 bridgehead atoms. The fourth-order valence-electron chi connectivity index (χ4n) is 4.44. The number of methoxy groups -OCH3 is 1. The average Bonchev–Trinajstić information content (AvgIpc) is 3.26. The minimum atomic E-state index is -1.10. The van der Waals surface area contributed by atoms with Gasteiger partial charge in [-0.3, -0.25) is 0 Å². The van der Waals surface area contributed by atoms with Gasteiger partial charge in [0, 0.05) is 12.0 Å². The van der Waals surface area contributed by atoms with Crippen molar-refractivity contribution >= 4 is 23.1 Å². The van der Waals surface area contributed by atoms with E-state index < -0.39 is 18.0 Å². The fraction of sp³-hybridized carbons (Fsp3) is 0.310. The molecule has 2 heterocycles. The van der Waals surface area contributed by atoms with Crippen LogP contribution in [0.2, 0.25) is 0 Å². The van der Waals surface area contributed by atoms with Crippen molar-refractivity contribution in [3.63, 3.8) is 0 Å². The van der Waals surface area contributed by atoms with Crippen LogP contribution in [0.5, 0.6) is 5.75 Å². The zero-order chi connectivity index (χ0) is 26.5. The zero-order valence-electron chi connectivity index (χ0n) is 21.5. The lowest BCUT2D eigenvalue weighted by Gasteiger charge is -2.19. The Morgan fingerprint density at radius 1 is 1.05 bits per heavy atom. The number of pyridine rings is 1. The highest BCUT2D eigenvalue weighted by molar-refractivity contribution is 5.90. The van der Waals surface area contributed by atoms with E-state index in [1.165, 1.54) is 7.11 Å². The van der Waals surface area contributed by atoms with Gasteiger partial charge in [-0.25, -0.2) is 19.6 Å². The van der Waals surface area contributed by atoms with Gasteiger partial charge in [-0.05, 0) is 42.2 Å². The summed E-state index contributed by atoms with van der Waals surface area (Å²) in [6.07, 6.45) is 1.21. The number of benzene rings is 2. The number of carbonyl (C=O) groups is 2. The van der Waals surface area contributed by atoms with E-state index in [1.54, 1.807) is 30.3 Å². The molecule has 2 aromatic heterocycles. The van der Waals surface area contributed by atoms with Crippen LogP contribution in [-0.2, 0) is 28.9 Å². The number of hydrogen-bond donors (Lipinski definition) is 1. The molecule has 1 atom stereocenters. The maximum absolute atomic E-state index is 12.2. The summed E-state index contributed by atoms with van der Waals surface area (Å²) >= 11 is 0. The molecule has 0 spiro atoms. The number of hydrogen-bond acceptors (Lipinski definition) is 6. The van der Waals surface area contributed by atoms with Crippen molar-refractivity contribution in [1.29, 1.82) is 0 Å². The quantitative estimate of drug-likeness (QED) is 0.294. The van der Waals surface area contributed by atoms with Gasteiger partial charge in [0.05, 0.1) is 13.7 Å². The van der Waals surface area contributed by atoms with Crippen LogP contribution in [0.15, 0.2) is 54.6 Å². The molecule has 192 valence electrons. The largest absolute Gasteiger partial charge is 0.478 e. The first-order chi connectivity index (χ1) is 17.9. The summed E-state index contributed by atoms with van der Waals surface area (Å²) in [5, 5.41) is 9.82. The predicted molar refractivity (Wildman–Crippen MR) is 140 cm³/mol. The lowest BCUT2D eigenvalue weighted by atomic mass is 10.0. The molecule has 37 heavy (non-hydrogen) atoms. The minimum absolute atomic E-state index is 0.243. The van der Waals surface area contributed by atoms with Crippen LogP contribution in [0.1, 0.15) is 64.9 Å². The molecular weight excluding hydrogens is 470 g/mol. The molecular formula is C29H31N3O5. The van der Waals surface area contributed by atoms with Gasteiger partial charge >= 0.3 is 11.9 Å². The topological polar surface area (TPSA) is 104 Å². The average molecular weight is 502 g/mol. The van der Waals surface area contributed by atoms with Gasteiger partial charge < -0.3 is 19.1 Å². The predicted octanol–water partition coefficient (Wildman–Crippen LogP) is 5.29. The molecule has 0 aliphatic heterocycles. The van der Waals surface area contributed by atoms with E-state index in [1.807, 2.05) is 42.7 Å². The van der Waals surface area contributed by atoms with Crippen molar-refractivity contribution in [2.75, 3.05) is 7.11 Å². The van der Waals surface area contributed by atoms with E-state index in [2.05, 4.69) is 11.9 Å². The summed E-state index contributed by atoms with van der Waals surface area (Å²) < 4.78 is 12.9. The standard InChI is InChI=1S/C29H31N3O5/c1-5-10-21-16-19(13-14-23(21)37-26(28(33)34)20-11-8-7-9-12-20)17-32-24(6-2)31-25-18(3)15-22(29(35)36-4)30-27(25)32/h7-9,11-16,26H,5-6,10,17H2,1-4H3,(H,33,34). The van der Waals surface area contributed by atoms with Crippen LogP contribution in [0.25, 0.3) is 11.2 Å². The number of aromatic nitrogens is 3. The number of rotatable bonds is 10. The Hall–Kier alpha value is -4.20. The van der Waals surface area contributed by atoms with Crippen molar-refractivity contribution in [1.82, 2.24) is 14.5 Å². The van der Waals surface area contributed by atoms with Gasteiger partial charge in [-0.1, -0.05) is 62.7 Å². The molecule has 0 saturated heterocycles. The third-order valence-corrected chi connectivity index (χ3v) is 6.24. The maximum atomic E-state index is 12.2. The number of esters is 1. The first kappa shape index (κ1) is 25.9. The summed E-state index contributed by atoms with van der Waals surface area (Å²) in [6.45, 7) is 6.50. The monoisotopic (exact) mass is 501 g/mol. The molecule has 8 heteroatoms. The molecule has 1 N–H and O–H groups in total. The van der Waals surface area contributed by atoms with Crippen molar-refractivity contribution in [2.24, 2.45) is 0 Å². The number of fused-ring (bicyclic) bond motifs is 1. The molecule has 0 aliphatic rings. The van der Waals surface area contributed by atoms with Crippen molar-refractivity contribution < 1.29 is 24.2 Å². The lowest BCUT2D eigenvalue weighted by molar-refractivity contribution is -0.145. The molecule has 0 radical (unpaired) electrons. The van der Waals surface area contributed by atoms with Gasteiger partial charge in [0.25, 0.3) is 0 Å². The van der Waals surface area contributed by atoms with Crippen LogP contribution in [-0.4, -0.2) is 38.7 Å². The molecule has 4 rings (SSSR count). The fourth-order valence-corrected chi connectivity index (χ4v) is 4.44. The molecule has 1 unspecified atom stereocenters. The molecule has 2 aromatic carbocycles. The van der Waals surface area contributed by atoms with Gasteiger partial charge in [-0.2, -0.15) is 0 Å². The second-order valence-electron chi connectivity index (χ2n) is 8.89. The molecule has 0 amide bonds. The molecule has 0 saturated carbocycles. The highest BCUT2D eigenvalue weighted by Gasteiger charge is 2.23. The summed E-state index contributed by atoms with van der Waals surface area (Å²) in [5.41, 5.74) is 5.00. The van der Waals surface area contributed by atoms with Crippen LogP contribution < -0.4 is 4.74 Å². The SMILES string of the molecule is CCCc1cc(Cn2c(CC)nc3c(C)cc(C(=O)OC)nc32)ccc1OC(C(=O)O)c1ccccc1. The van der Waals surface area contributed by atoms with Crippen LogP contribution in [0.3, 0.4) is 0 Å². The Balaban J connectivity index is 1.72. The van der Waals surface area contributed by atoms with E-state index >= 15 is 0 Å². The summed E-state index contributed by atoms with van der Waals surface area (Å²) in [6, 6.07) is 16.5. The highest BCUT2D eigenvalue weighted by atomic mass is 16.5. The number of carboxylic acid groups (broad SMARTS) is 1. The first-order valence-electron chi connectivity index (χ1n) is 12.4. The van der Waals surface area contributed by atoms with Crippen LogP contribution >= 0.6 is 0 Å². The highest BCUT2D eigenvalue weighted by Crippen LogP contribution is 2.29. The third-order valence-electron chi connectivity index (χ3n) is 6.24. The van der Waals surface area contributed by atoms with E-state index in [-0.39, 0.29) is 5.69 Å². The van der Waals surface area contributed by atoms with Crippen molar-refractivity contribution in [2.45, 2.75) is 52.7 Å². The summed E-state index contributed by atoms with van der Waals surface area (Å²) in [7, 11) is 1.34. The molecule has 0 aliphatic carbocycles. The number of carbonyl (C=O) groups excluding carboxylic acids is 1. The van der Waals surface area contributed by atoms with E-state index in [0.29, 0.717) is 29.9 Å². The zero-order valence-corrected chi connectivity index (χ0v) is 21.5. The number of carboxylic acids is 1. The van der Waals surface area contributed by atoms with Crippen molar-refractivity contribution in [3.05, 3.63) is 88.4 Å². The van der Waals surface area contributed by atoms with Crippen molar-refractivity contribution in [3.8, 4) is 5.75 Å². The van der Waals surface area contributed by atoms with E-state index in [4.69, 9.17) is 14.5 Å². The molecule has 0 fully saturated rings. The molecule has 8 nitrogen and oxygen atoms in total. The van der Waals surface area contributed by atoms with Gasteiger partial charge in [0.2, 0.25) is 6.10 Å². The van der Waals surface area contributed by atoms with Gasteiger partial charge in [0.15, 0.2) is 11.3 Å². The van der Waals surface area contributed by atoms with Gasteiger partial charge in [-0.15, -0.1) is 0 Å². The second-order valence-corrected chi connectivity index (χ2v) is 8.89. The smallest absolute Gasteiger partial charge is 0.356 e. The molecule has 4 aromatic rings. The van der Waals surface area contributed by atoms with E-state index in [0.717, 1.165) is 40.9 Å². The van der Waals surface area contributed by atoms with Crippen LogP contribution in [0.4, 0.5) is 0 Å². The normalized spacial score (nSPS) is 11.9. The number of ether oxygens (including phenoxy) is 2. The summed E-state index contributed by atoms with van der Waals surface area (Å²) in [5.74, 6) is -0.123. The minimum Gasteiger partial charge on any atom is -0.478 e. The Morgan fingerprint density at radius 2 is 1.81 bits per heavy atom. The number of nitrogens with zero attached hydrogens (tertiary/aromatic N) is 3. The maximum Gasteiger partial charge on any atom is 0.356 e. The second kappa shape index (κ2) is 11.2. The van der Waals surface area contributed by atoms with Gasteiger partial charge in [0.1, 0.15) is 17.1 Å². The van der Waals surface area contributed by atoms with E-state index in [9.17, 15) is 14.7 Å². The van der Waals surface area contributed by atoms with Crippen LogP contribution in [0, 0.1) is 6.92 Å². The number of aliphatic carboxylic acids is 1. The number of aryl methyl sites for hydroxylation is 3. The third kappa shape index (κ3) is 5.48. The first-order valence-corrected chi connectivity index (χ1v) is 12.4. The number of imidazole rings is 1. The lowest BCUT2D eigenvalue weighted by Crippen LogP contribution is -2.19. The summed E-state index contributed by atoms with van der Waals surface area (Å²) in [4.78, 5) is 33.5. The Kier molecular flexibility index (Phi) is 7.86.